The average molecular weight is 429 g/mol. The highest BCUT2D eigenvalue weighted by atomic mass is 19.4. The Bertz CT molecular complexity index is 1130. The fourth-order valence-corrected chi connectivity index (χ4v) is 3.19. The van der Waals surface area contributed by atoms with E-state index in [2.05, 4.69) is 36.2 Å². The smallest absolute Gasteiger partial charge is 0.373 e. The van der Waals surface area contributed by atoms with Crippen LogP contribution in [0, 0.1) is 0 Å². The second kappa shape index (κ2) is 8.09. The Hall–Kier alpha value is -3.89. The summed E-state index contributed by atoms with van der Waals surface area (Å²) < 4.78 is 40.4. The van der Waals surface area contributed by atoms with Gasteiger partial charge in [0.2, 0.25) is 11.9 Å². The van der Waals surface area contributed by atoms with Gasteiger partial charge >= 0.3 is 6.18 Å². The van der Waals surface area contributed by atoms with Crippen LogP contribution in [-0.2, 0) is 23.9 Å². The summed E-state index contributed by atoms with van der Waals surface area (Å²) in [6.07, 6.45) is -2.01. The molecule has 1 aromatic carbocycles. The van der Waals surface area contributed by atoms with Crippen LogP contribution >= 0.6 is 0 Å². The molecule has 4 N–H and O–H groups in total. The van der Waals surface area contributed by atoms with Crippen molar-refractivity contribution in [1.82, 2.24) is 15.0 Å². The Labute approximate surface area is 175 Å². The summed E-state index contributed by atoms with van der Waals surface area (Å²) in [4.78, 5) is 23.5. The molecule has 0 saturated heterocycles. The van der Waals surface area contributed by atoms with Crippen molar-refractivity contribution in [1.29, 1.82) is 0 Å². The SMILES string of the molecule is CNc1ncccc1CNc1nc(Nc2ccc3c(c2)NC(=O)C3)ncc1C(F)(F)F. The van der Waals surface area contributed by atoms with Crippen LogP contribution in [-0.4, -0.2) is 27.9 Å². The number of carbonyl (C=O) groups is 1. The molecule has 11 heteroatoms. The van der Waals surface area contributed by atoms with Gasteiger partial charge in [-0.2, -0.15) is 18.2 Å². The van der Waals surface area contributed by atoms with Crippen LogP contribution in [0.25, 0.3) is 0 Å². The molecular weight excluding hydrogens is 411 g/mol. The van der Waals surface area contributed by atoms with Crippen LogP contribution in [0.15, 0.2) is 42.7 Å². The van der Waals surface area contributed by atoms with E-state index in [0.29, 0.717) is 29.2 Å². The third kappa shape index (κ3) is 4.49. The normalized spacial score (nSPS) is 12.8. The van der Waals surface area contributed by atoms with Crippen LogP contribution in [0.4, 0.5) is 42.1 Å². The molecule has 3 heterocycles. The minimum Gasteiger partial charge on any atom is -0.373 e. The van der Waals surface area contributed by atoms with Gasteiger partial charge < -0.3 is 21.3 Å². The summed E-state index contributed by atoms with van der Waals surface area (Å²) >= 11 is 0. The number of fused-ring (bicyclic) bond motifs is 1. The summed E-state index contributed by atoms with van der Waals surface area (Å²) in [5.74, 6) is 0.0714. The Kier molecular flexibility index (Phi) is 5.32. The fourth-order valence-electron chi connectivity index (χ4n) is 3.19. The van der Waals surface area contributed by atoms with Crippen molar-refractivity contribution in [2.75, 3.05) is 28.3 Å². The third-order valence-corrected chi connectivity index (χ3v) is 4.66. The van der Waals surface area contributed by atoms with Crippen LogP contribution in [0.1, 0.15) is 16.7 Å². The number of anilines is 5. The maximum Gasteiger partial charge on any atom is 0.421 e. The first kappa shape index (κ1) is 20.4. The summed E-state index contributed by atoms with van der Waals surface area (Å²) in [5, 5.41) is 11.2. The maximum absolute atomic E-state index is 13.5. The number of alkyl halides is 3. The standard InChI is InChI=1S/C20H18F3N7O/c1-24-17-12(3-2-6-25-17)9-26-18-14(20(21,22)23)10-27-19(30-18)28-13-5-4-11-7-16(31)29-15(11)8-13/h2-6,8,10H,7,9H2,1H3,(H,24,25)(H,29,31)(H2,26,27,28,30). The first-order chi connectivity index (χ1) is 14.8. The number of nitrogens with one attached hydrogen (secondary N) is 4. The molecule has 0 saturated carbocycles. The van der Waals surface area contributed by atoms with Crippen molar-refractivity contribution in [3.63, 3.8) is 0 Å². The zero-order valence-corrected chi connectivity index (χ0v) is 16.3. The molecule has 4 rings (SSSR count). The van der Waals surface area contributed by atoms with E-state index >= 15 is 0 Å². The highest BCUT2D eigenvalue weighted by molar-refractivity contribution is 5.99. The minimum atomic E-state index is -4.63. The average Bonchev–Trinajstić information content (AvgIpc) is 3.11. The van der Waals surface area contributed by atoms with Gasteiger partial charge in [-0.15, -0.1) is 0 Å². The maximum atomic E-state index is 13.5. The van der Waals surface area contributed by atoms with Gasteiger partial charge in [-0.3, -0.25) is 4.79 Å². The van der Waals surface area contributed by atoms with E-state index < -0.39 is 11.7 Å². The predicted octanol–water partition coefficient (Wildman–Crippen LogP) is 3.78. The lowest BCUT2D eigenvalue weighted by molar-refractivity contribution is -0.137. The number of amides is 1. The summed E-state index contributed by atoms with van der Waals surface area (Å²) in [6, 6.07) is 8.60. The van der Waals surface area contributed by atoms with Crippen LogP contribution in [0.5, 0.6) is 0 Å². The lowest BCUT2D eigenvalue weighted by Crippen LogP contribution is -2.15. The Balaban J connectivity index is 1.59. The molecule has 0 unspecified atom stereocenters. The number of nitrogens with zero attached hydrogens (tertiary/aromatic N) is 3. The van der Waals surface area contributed by atoms with Crippen molar-refractivity contribution in [2.45, 2.75) is 19.1 Å². The molecule has 1 amide bonds. The number of pyridine rings is 1. The molecule has 31 heavy (non-hydrogen) atoms. The van der Waals surface area contributed by atoms with Gasteiger partial charge in [0.1, 0.15) is 17.2 Å². The zero-order valence-electron chi connectivity index (χ0n) is 16.3. The van der Waals surface area contributed by atoms with Gasteiger partial charge in [0, 0.05) is 42.9 Å². The number of halogens is 3. The molecule has 160 valence electrons. The third-order valence-electron chi connectivity index (χ3n) is 4.66. The fraction of sp³-hybridized carbons (Fsp3) is 0.200. The number of aromatic nitrogens is 3. The van der Waals surface area contributed by atoms with Gasteiger partial charge in [-0.05, 0) is 23.8 Å². The molecule has 0 aliphatic carbocycles. The first-order valence-electron chi connectivity index (χ1n) is 9.33. The highest BCUT2D eigenvalue weighted by Gasteiger charge is 2.35. The summed E-state index contributed by atoms with van der Waals surface area (Å²) in [6.45, 7) is 0.0778. The number of carbonyl (C=O) groups excluding carboxylic acids is 1. The zero-order chi connectivity index (χ0) is 22.0. The van der Waals surface area contributed by atoms with Crippen LogP contribution in [0.3, 0.4) is 0 Å². The number of benzene rings is 1. The van der Waals surface area contributed by atoms with Crippen LogP contribution < -0.4 is 21.3 Å². The van der Waals surface area contributed by atoms with Crippen molar-refractivity contribution >= 4 is 34.9 Å². The second-order valence-electron chi connectivity index (χ2n) is 6.79. The van der Waals surface area contributed by atoms with E-state index in [1.165, 1.54) is 0 Å². The predicted molar refractivity (Wildman–Crippen MR) is 110 cm³/mol. The lowest BCUT2D eigenvalue weighted by Gasteiger charge is -2.16. The monoisotopic (exact) mass is 429 g/mol. The van der Waals surface area contributed by atoms with Gasteiger partial charge in [0.25, 0.3) is 0 Å². The largest absolute Gasteiger partial charge is 0.421 e. The Morgan fingerprint density at radius 3 is 2.77 bits per heavy atom. The molecule has 0 bridgehead atoms. The topological polar surface area (TPSA) is 104 Å². The molecule has 0 atom stereocenters. The second-order valence-corrected chi connectivity index (χ2v) is 6.79. The van der Waals surface area contributed by atoms with Crippen molar-refractivity contribution in [2.24, 2.45) is 0 Å². The van der Waals surface area contributed by atoms with E-state index in [0.717, 1.165) is 11.8 Å². The number of rotatable bonds is 6. The van der Waals surface area contributed by atoms with Gasteiger partial charge in [0.05, 0.1) is 6.42 Å². The van der Waals surface area contributed by atoms with Gasteiger partial charge in [0.15, 0.2) is 0 Å². The molecular formula is C20H18F3N7O. The summed E-state index contributed by atoms with van der Waals surface area (Å²) in [5.41, 5.74) is 1.74. The Morgan fingerprint density at radius 1 is 1.16 bits per heavy atom. The molecule has 1 aliphatic rings. The molecule has 0 radical (unpaired) electrons. The quantitative estimate of drug-likeness (QED) is 0.473. The number of hydrogen-bond donors (Lipinski definition) is 4. The van der Waals surface area contributed by atoms with E-state index in [-0.39, 0.29) is 24.2 Å². The first-order valence-corrected chi connectivity index (χ1v) is 9.33. The van der Waals surface area contributed by atoms with Crippen molar-refractivity contribution in [3.05, 3.63) is 59.4 Å². The van der Waals surface area contributed by atoms with E-state index in [1.54, 1.807) is 43.6 Å². The van der Waals surface area contributed by atoms with Gasteiger partial charge in [-0.1, -0.05) is 12.1 Å². The van der Waals surface area contributed by atoms with E-state index in [9.17, 15) is 18.0 Å². The lowest BCUT2D eigenvalue weighted by atomic mass is 10.1. The molecule has 0 spiro atoms. The molecule has 8 nitrogen and oxygen atoms in total. The van der Waals surface area contributed by atoms with Gasteiger partial charge in [-0.25, -0.2) is 9.97 Å². The molecule has 3 aromatic rings. The van der Waals surface area contributed by atoms with E-state index in [4.69, 9.17) is 0 Å². The van der Waals surface area contributed by atoms with Crippen molar-refractivity contribution < 1.29 is 18.0 Å². The molecule has 1 aliphatic heterocycles. The highest BCUT2D eigenvalue weighted by Crippen LogP contribution is 2.35. The minimum absolute atomic E-state index is 0.0141. The Morgan fingerprint density at radius 2 is 2.00 bits per heavy atom. The number of hydrogen-bond acceptors (Lipinski definition) is 7. The summed E-state index contributed by atoms with van der Waals surface area (Å²) in [7, 11) is 1.68. The van der Waals surface area contributed by atoms with E-state index in [1.807, 2.05) is 0 Å². The van der Waals surface area contributed by atoms with Crippen LogP contribution in [0.2, 0.25) is 0 Å². The van der Waals surface area contributed by atoms with Crippen molar-refractivity contribution in [3.8, 4) is 0 Å². The molecule has 0 fully saturated rings. The molecule has 2 aromatic heterocycles.